The van der Waals surface area contributed by atoms with Crippen LogP contribution in [-0.4, -0.2) is 25.7 Å². The number of nitro benzene ring substituents is 1. The van der Waals surface area contributed by atoms with Gasteiger partial charge in [0.15, 0.2) is 5.69 Å². The first-order valence-corrected chi connectivity index (χ1v) is 7.37. The standard InChI is InChI=1S/C13H10BrF3N4O4/c1-6-11(14)12(13(15,16)17)19-20(6)5-10(23)18-8-4-7(21(24)25)2-3-9(8)22/h2-4,22H,5H2,1H3,(H,18,23). The fourth-order valence-electron chi connectivity index (χ4n) is 1.92. The van der Waals surface area contributed by atoms with E-state index in [-0.39, 0.29) is 21.5 Å². The molecule has 2 rings (SSSR count). The second-order valence-corrected chi connectivity index (χ2v) is 5.70. The summed E-state index contributed by atoms with van der Waals surface area (Å²) in [4.78, 5) is 22.0. The van der Waals surface area contributed by atoms with Gasteiger partial charge in [-0.3, -0.25) is 19.6 Å². The van der Waals surface area contributed by atoms with Gasteiger partial charge in [0, 0.05) is 12.1 Å². The fraction of sp³-hybridized carbons (Fsp3) is 0.231. The lowest BCUT2D eigenvalue weighted by Crippen LogP contribution is -2.21. The van der Waals surface area contributed by atoms with Crippen LogP contribution in [0.2, 0.25) is 0 Å². The number of alkyl halides is 3. The molecule has 0 saturated heterocycles. The smallest absolute Gasteiger partial charge is 0.436 e. The number of phenols is 1. The number of benzene rings is 1. The van der Waals surface area contributed by atoms with Gasteiger partial charge in [-0.1, -0.05) is 0 Å². The molecular formula is C13H10BrF3N4O4. The van der Waals surface area contributed by atoms with Crippen molar-refractivity contribution in [2.75, 3.05) is 5.32 Å². The van der Waals surface area contributed by atoms with E-state index < -0.39 is 35.0 Å². The largest absolute Gasteiger partial charge is 0.506 e. The third-order valence-electron chi connectivity index (χ3n) is 3.16. The number of aromatic nitrogens is 2. The van der Waals surface area contributed by atoms with Crippen molar-refractivity contribution in [1.29, 1.82) is 0 Å². The maximum Gasteiger partial charge on any atom is 0.436 e. The highest BCUT2D eigenvalue weighted by Gasteiger charge is 2.38. The zero-order chi connectivity index (χ0) is 18.9. The van der Waals surface area contributed by atoms with E-state index in [1.165, 1.54) is 6.92 Å². The number of nitrogens with one attached hydrogen (secondary N) is 1. The van der Waals surface area contributed by atoms with Gasteiger partial charge in [-0.15, -0.1) is 0 Å². The topological polar surface area (TPSA) is 110 Å². The Kier molecular flexibility index (Phi) is 5.02. The van der Waals surface area contributed by atoms with Gasteiger partial charge >= 0.3 is 6.18 Å². The quantitative estimate of drug-likeness (QED) is 0.446. The zero-order valence-electron chi connectivity index (χ0n) is 12.5. The summed E-state index contributed by atoms with van der Waals surface area (Å²) < 4.78 is 38.9. The summed E-state index contributed by atoms with van der Waals surface area (Å²) in [6.45, 7) is 0.757. The number of amides is 1. The summed E-state index contributed by atoms with van der Waals surface area (Å²) in [6.07, 6.45) is -4.69. The minimum Gasteiger partial charge on any atom is -0.506 e. The lowest BCUT2D eigenvalue weighted by Gasteiger charge is -2.08. The van der Waals surface area contributed by atoms with Gasteiger partial charge in [0.25, 0.3) is 5.69 Å². The number of aromatic hydroxyl groups is 1. The average molecular weight is 423 g/mol. The second-order valence-electron chi connectivity index (χ2n) is 4.91. The van der Waals surface area contributed by atoms with Crippen LogP contribution >= 0.6 is 15.9 Å². The monoisotopic (exact) mass is 422 g/mol. The Hall–Kier alpha value is -2.63. The number of carbonyl (C=O) groups is 1. The van der Waals surface area contributed by atoms with Gasteiger partial charge in [-0.2, -0.15) is 18.3 Å². The Morgan fingerprint density at radius 1 is 1.48 bits per heavy atom. The molecule has 1 amide bonds. The van der Waals surface area contributed by atoms with Crippen LogP contribution in [0, 0.1) is 17.0 Å². The first kappa shape index (κ1) is 18.7. The van der Waals surface area contributed by atoms with Crippen molar-refractivity contribution in [2.24, 2.45) is 0 Å². The summed E-state index contributed by atoms with van der Waals surface area (Å²) in [5.41, 5.74) is -1.70. The molecule has 0 atom stereocenters. The van der Waals surface area contributed by atoms with Crippen LogP contribution in [0.4, 0.5) is 24.5 Å². The number of nitrogens with zero attached hydrogens (tertiary/aromatic N) is 3. The van der Waals surface area contributed by atoms with Gasteiger partial charge in [-0.25, -0.2) is 0 Å². The van der Waals surface area contributed by atoms with E-state index in [0.29, 0.717) is 0 Å². The number of carbonyl (C=O) groups excluding carboxylic acids is 1. The number of phenolic OH excluding ortho intramolecular Hbond substituents is 1. The minimum atomic E-state index is -4.69. The van der Waals surface area contributed by atoms with Crippen molar-refractivity contribution in [1.82, 2.24) is 9.78 Å². The second kappa shape index (κ2) is 6.70. The van der Waals surface area contributed by atoms with E-state index in [2.05, 4.69) is 26.3 Å². The van der Waals surface area contributed by atoms with Crippen molar-refractivity contribution in [3.63, 3.8) is 0 Å². The first-order valence-electron chi connectivity index (χ1n) is 6.58. The van der Waals surface area contributed by atoms with E-state index in [0.717, 1.165) is 22.9 Å². The number of rotatable bonds is 4. The molecule has 25 heavy (non-hydrogen) atoms. The minimum absolute atomic E-state index is 0.0748. The fourth-order valence-corrected chi connectivity index (χ4v) is 2.43. The molecule has 0 aliphatic carbocycles. The summed E-state index contributed by atoms with van der Waals surface area (Å²) in [7, 11) is 0. The molecule has 0 aliphatic rings. The third kappa shape index (κ3) is 4.07. The molecule has 1 heterocycles. The molecule has 0 bridgehead atoms. The van der Waals surface area contributed by atoms with E-state index in [1.807, 2.05) is 0 Å². The van der Waals surface area contributed by atoms with Gasteiger partial charge in [0.2, 0.25) is 5.91 Å². The van der Waals surface area contributed by atoms with Crippen molar-refractivity contribution in [3.8, 4) is 5.75 Å². The van der Waals surface area contributed by atoms with Gasteiger partial charge < -0.3 is 10.4 Å². The van der Waals surface area contributed by atoms with E-state index in [9.17, 15) is 33.2 Å². The van der Waals surface area contributed by atoms with Crippen molar-refractivity contribution >= 4 is 33.2 Å². The summed E-state index contributed by atoms with van der Waals surface area (Å²) in [5, 5.41) is 25.9. The Labute approximate surface area is 146 Å². The highest BCUT2D eigenvalue weighted by atomic mass is 79.9. The molecule has 2 N–H and O–H groups in total. The number of anilines is 1. The molecule has 0 saturated carbocycles. The molecule has 0 radical (unpaired) electrons. The molecule has 0 unspecified atom stereocenters. The number of halogens is 4. The number of non-ortho nitro benzene ring substituents is 1. The van der Waals surface area contributed by atoms with E-state index in [4.69, 9.17) is 0 Å². The third-order valence-corrected chi connectivity index (χ3v) is 4.11. The van der Waals surface area contributed by atoms with Gasteiger partial charge in [0.1, 0.15) is 12.3 Å². The zero-order valence-corrected chi connectivity index (χ0v) is 14.1. The molecule has 2 aromatic rings. The van der Waals surface area contributed by atoms with E-state index in [1.54, 1.807) is 0 Å². The van der Waals surface area contributed by atoms with Crippen LogP contribution in [0.25, 0.3) is 0 Å². The van der Waals surface area contributed by atoms with Crippen molar-refractivity contribution in [3.05, 3.63) is 44.2 Å². The molecule has 12 heteroatoms. The van der Waals surface area contributed by atoms with Crippen LogP contribution in [0.5, 0.6) is 5.75 Å². The van der Waals surface area contributed by atoms with Gasteiger partial charge in [0.05, 0.1) is 20.8 Å². The van der Waals surface area contributed by atoms with Gasteiger partial charge in [-0.05, 0) is 28.9 Å². The van der Waals surface area contributed by atoms with E-state index >= 15 is 0 Å². The number of nitro groups is 1. The van der Waals surface area contributed by atoms with Crippen LogP contribution in [0.15, 0.2) is 22.7 Å². The van der Waals surface area contributed by atoms with Crippen molar-refractivity contribution in [2.45, 2.75) is 19.6 Å². The molecular weight excluding hydrogens is 413 g/mol. The Morgan fingerprint density at radius 2 is 2.12 bits per heavy atom. The maximum atomic E-state index is 12.8. The summed E-state index contributed by atoms with van der Waals surface area (Å²) >= 11 is 2.78. The number of hydrogen-bond acceptors (Lipinski definition) is 5. The van der Waals surface area contributed by atoms with Crippen LogP contribution in [0.1, 0.15) is 11.4 Å². The normalized spacial score (nSPS) is 11.4. The lowest BCUT2D eigenvalue weighted by molar-refractivity contribution is -0.384. The Balaban J connectivity index is 2.22. The molecule has 0 fully saturated rings. The highest BCUT2D eigenvalue weighted by molar-refractivity contribution is 9.10. The summed E-state index contributed by atoms with van der Waals surface area (Å²) in [6, 6.07) is 2.99. The summed E-state index contributed by atoms with van der Waals surface area (Å²) in [5.74, 6) is -1.24. The average Bonchev–Trinajstić information content (AvgIpc) is 2.77. The number of hydrogen-bond donors (Lipinski definition) is 2. The highest BCUT2D eigenvalue weighted by Crippen LogP contribution is 2.35. The Bertz CT molecular complexity index is 851. The molecule has 1 aromatic carbocycles. The molecule has 8 nitrogen and oxygen atoms in total. The predicted octanol–water partition coefficient (Wildman–Crippen LogP) is 3.23. The molecule has 134 valence electrons. The first-order chi connectivity index (χ1) is 11.5. The lowest BCUT2D eigenvalue weighted by atomic mass is 10.2. The Morgan fingerprint density at radius 3 is 2.64 bits per heavy atom. The van der Waals surface area contributed by atoms with Crippen LogP contribution in [0.3, 0.4) is 0 Å². The molecule has 0 aliphatic heterocycles. The predicted molar refractivity (Wildman–Crippen MR) is 83.1 cm³/mol. The molecule has 1 aromatic heterocycles. The molecule has 0 spiro atoms. The van der Waals surface area contributed by atoms with Crippen LogP contribution in [-0.2, 0) is 17.5 Å². The van der Waals surface area contributed by atoms with Crippen molar-refractivity contribution < 1.29 is 28.0 Å². The SMILES string of the molecule is Cc1c(Br)c(C(F)(F)F)nn1CC(=O)Nc1cc([N+](=O)[O-])ccc1O. The maximum absolute atomic E-state index is 12.8. The van der Waals surface area contributed by atoms with Crippen LogP contribution < -0.4 is 5.32 Å².